The fourth-order valence-electron chi connectivity index (χ4n) is 2.67. The first kappa shape index (κ1) is 16.5. The van der Waals surface area contributed by atoms with Gasteiger partial charge in [0.25, 0.3) is 0 Å². The Hall–Kier alpha value is -1.87. The standard InChI is InChI=1S/C13H16F3N3O3/c1-8-2-3-9(11(20)10(8)19(21)22)12(13(14,15)16)18-6-4-17-5-7-18/h2-3,12,17,20H,4-7H2,1H3/t12-/m0/s1. The summed E-state index contributed by atoms with van der Waals surface area (Å²) in [5.41, 5.74) is -1.04. The highest BCUT2D eigenvalue weighted by Crippen LogP contribution is 2.45. The molecule has 2 rings (SSSR count). The first-order valence-electron chi connectivity index (χ1n) is 6.72. The maximum absolute atomic E-state index is 13.5. The molecule has 0 aromatic heterocycles. The Morgan fingerprint density at radius 2 is 1.95 bits per heavy atom. The molecule has 1 aliphatic heterocycles. The maximum Gasteiger partial charge on any atom is 0.408 e. The van der Waals surface area contributed by atoms with Gasteiger partial charge in [-0.3, -0.25) is 15.0 Å². The Morgan fingerprint density at radius 1 is 1.36 bits per heavy atom. The lowest BCUT2D eigenvalue weighted by Gasteiger charge is -2.36. The second-order valence-electron chi connectivity index (χ2n) is 5.16. The molecule has 1 atom stereocenters. The topological polar surface area (TPSA) is 78.6 Å². The van der Waals surface area contributed by atoms with Gasteiger partial charge in [-0.25, -0.2) is 0 Å². The van der Waals surface area contributed by atoms with Crippen molar-refractivity contribution < 1.29 is 23.2 Å². The molecule has 0 aliphatic carbocycles. The first-order valence-corrected chi connectivity index (χ1v) is 6.72. The third-order valence-electron chi connectivity index (χ3n) is 3.69. The predicted octanol–water partition coefficient (Wildman–Crippen LogP) is 2.12. The monoisotopic (exact) mass is 319 g/mol. The van der Waals surface area contributed by atoms with Crippen molar-refractivity contribution >= 4 is 5.69 Å². The van der Waals surface area contributed by atoms with Crippen LogP contribution >= 0.6 is 0 Å². The zero-order valence-corrected chi connectivity index (χ0v) is 11.9. The number of phenolic OH excluding ortho intramolecular Hbond substituents is 1. The number of aromatic hydroxyl groups is 1. The molecule has 0 bridgehead atoms. The summed E-state index contributed by atoms with van der Waals surface area (Å²) in [6.07, 6.45) is -4.64. The summed E-state index contributed by atoms with van der Waals surface area (Å²) in [5.74, 6) is -0.911. The van der Waals surface area contributed by atoms with Crippen LogP contribution in [0.15, 0.2) is 12.1 Å². The lowest BCUT2D eigenvalue weighted by atomic mass is 9.99. The van der Waals surface area contributed by atoms with E-state index in [2.05, 4.69) is 5.32 Å². The Bertz CT molecular complexity index is 572. The van der Waals surface area contributed by atoms with Crippen LogP contribution in [-0.4, -0.2) is 47.3 Å². The minimum Gasteiger partial charge on any atom is -0.502 e. The minimum atomic E-state index is -4.64. The number of hydrogen-bond donors (Lipinski definition) is 2. The summed E-state index contributed by atoms with van der Waals surface area (Å²) in [6.45, 7) is 2.44. The van der Waals surface area contributed by atoms with Crippen molar-refractivity contribution in [1.82, 2.24) is 10.2 Å². The van der Waals surface area contributed by atoms with Gasteiger partial charge in [0, 0.05) is 37.3 Å². The number of nitro groups is 1. The Morgan fingerprint density at radius 3 is 2.45 bits per heavy atom. The van der Waals surface area contributed by atoms with Crippen LogP contribution in [0, 0.1) is 17.0 Å². The Labute approximate surface area is 124 Å². The normalized spacial score (nSPS) is 18.2. The molecule has 2 N–H and O–H groups in total. The fraction of sp³-hybridized carbons (Fsp3) is 0.538. The maximum atomic E-state index is 13.5. The number of halogens is 3. The number of nitrogens with zero attached hydrogens (tertiary/aromatic N) is 2. The number of alkyl halides is 3. The average Bonchev–Trinajstić information content (AvgIpc) is 2.41. The smallest absolute Gasteiger partial charge is 0.408 e. The van der Waals surface area contributed by atoms with E-state index < -0.39 is 34.1 Å². The number of nitro benzene ring substituents is 1. The van der Waals surface area contributed by atoms with Gasteiger partial charge >= 0.3 is 11.9 Å². The molecule has 1 fully saturated rings. The Balaban J connectivity index is 2.53. The van der Waals surface area contributed by atoms with Crippen molar-refractivity contribution in [2.24, 2.45) is 0 Å². The number of benzene rings is 1. The molecular formula is C13H16F3N3O3. The van der Waals surface area contributed by atoms with Crippen LogP contribution in [-0.2, 0) is 0 Å². The average molecular weight is 319 g/mol. The van der Waals surface area contributed by atoms with Gasteiger partial charge in [-0.1, -0.05) is 12.1 Å². The van der Waals surface area contributed by atoms with E-state index in [1.807, 2.05) is 0 Å². The number of piperazine rings is 1. The molecule has 0 amide bonds. The molecular weight excluding hydrogens is 303 g/mol. The van der Waals surface area contributed by atoms with Crippen LogP contribution in [0.25, 0.3) is 0 Å². The van der Waals surface area contributed by atoms with Crippen molar-refractivity contribution in [3.8, 4) is 5.75 Å². The van der Waals surface area contributed by atoms with Gasteiger partial charge in [-0.15, -0.1) is 0 Å². The van der Waals surface area contributed by atoms with E-state index in [1.54, 1.807) is 0 Å². The number of phenols is 1. The van der Waals surface area contributed by atoms with Gasteiger partial charge in [0.05, 0.1) is 4.92 Å². The lowest BCUT2D eigenvalue weighted by Crippen LogP contribution is -2.49. The van der Waals surface area contributed by atoms with Crippen LogP contribution in [0.1, 0.15) is 17.2 Å². The highest BCUT2D eigenvalue weighted by molar-refractivity contribution is 5.57. The quantitative estimate of drug-likeness (QED) is 0.659. The Kier molecular flexibility index (Phi) is 4.57. The third-order valence-corrected chi connectivity index (χ3v) is 3.69. The third kappa shape index (κ3) is 3.14. The zero-order chi connectivity index (χ0) is 16.5. The van der Waals surface area contributed by atoms with Gasteiger partial charge in [0.2, 0.25) is 0 Å². The highest BCUT2D eigenvalue weighted by atomic mass is 19.4. The summed E-state index contributed by atoms with van der Waals surface area (Å²) in [7, 11) is 0. The van der Waals surface area contributed by atoms with E-state index in [1.165, 1.54) is 17.9 Å². The number of aryl methyl sites for hydroxylation is 1. The molecule has 0 radical (unpaired) electrons. The molecule has 1 saturated heterocycles. The molecule has 1 aromatic carbocycles. The van der Waals surface area contributed by atoms with E-state index in [0.29, 0.717) is 13.1 Å². The van der Waals surface area contributed by atoms with Crippen LogP contribution in [0.4, 0.5) is 18.9 Å². The summed E-state index contributed by atoms with van der Waals surface area (Å²) in [6, 6.07) is 0.278. The second kappa shape index (κ2) is 6.09. The van der Waals surface area contributed by atoms with Crippen molar-refractivity contribution in [3.05, 3.63) is 33.4 Å². The minimum absolute atomic E-state index is 0.118. The van der Waals surface area contributed by atoms with Crippen LogP contribution in [0.3, 0.4) is 0 Å². The van der Waals surface area contributed by atoms with Gasteiger partial charge in [0.15, 0.2) is 5.75 Å². The predicted molar refractivity (Wildman–Crippen MR) is 72.7 cm³/mol. The van der Waals surface area contributed by atoms with Crippen molar-refractivity contribution in [2.75, 3.05) is 26.2 Å². The zero-order valence-electron chi connectivity index (χ0n) is 11.9. The van der Waals surface area contributed by atoms with Gasteiger partial charge < -0.3 is 10.4 Å². The summed E-state index contributed by atoms with van der Waals surface area (Å²) in [5, 5.41) is 24.0. The first-order chi connectivity index (χ1) is 10.2. The van der Waals surface area contributed by atoms with E-state index in [-0.39, 0.29) is 18.7 Å². The lowest BCUT2D eigenvalue weighted by molar-refractivity contribution is -0.386. The molecule has 1 aromatic rings. The summed E-state index contributed by atoms with van der Waals surface area (Å²) >= 11 is 0. The molecule has 0 saturated carbocycles. The van der Waals surface area contributed by atoms with Crippen LogP contribution in [0.2, 0.25) is 0 Å². The fourth-order valence-corrected chi connectivity index (χ4v) is 2.67. The molecule has 1 aliphatic rings. The van der Waals surface area contributed by atoms with E-state index in [0.717, 1.165) is 6.07 Å². The SMILES string of the molecule is Cc1ccc([C@H](N2CCNCC2)C(F)(F)F)c(O)c1[N+](=O)[O-]. The number of nitrogens with one attached hydrogen (secondary N) is 1. The van der Waals surface area contributed by atoms with Crippen molar-refractivity contribution in [3.63, 3.8) is 0 Å². The highest BCUT2D eigenvalue weighted by Gasteiger charge is 2.47. The van der Waals surface area contributed by atoms with Gasteiger partial charge in [-0.05, 0) is 6.92 Å². The molecule has 6 nitrogen and oxygen atoms in total. The van der Waals surface area contributed by atoms with Gasteiger partial charge in [-0.2, -0.15) is 13.2 Å². The van der Waals surface area contributed by atoms with E-state index in [4.69, 9.17) is 0 Å². The van der Waals surface area contributed by atoms with Crippen molar-refractivity contribution in [1.29, 1.82) is 0 Å². The van der Waals surface area contributed by atoms with Gasteiger partial charge in [0.1, 0.15) is 6.04 Å². The molecule has 1 heterocycles. The number of rotatable bonds is 3. The number of hydrogen-bond acceptors (Lipinski definition) is 5. The molecule has 122 valence electrons. The van der Waals surface area contributed by atoms with Crippen molar-refractivity contribution in [2.45, 2.75) is 19.1 Å². The largest absolute Gasteiger partial charge is 0.502 e. The van der Waals surface area contributed by atoms with Crippen LogP contribution in [0.5, 0.6) is 5.75 Å². The second-order valence-corrected chi connectivity index (χ2v) is 5.16. The molecule has 0 spiro atoms. The summed E-state index contributed by atoms with van der Waals surface area (Å²) in [4.78, 5) is 11.3. The van der Waals surface area contributed by atoms with E-state index >= 15 is 0 Å². The van der Waals surface area contributed by atoms with Crippen LogP contribution < -0.4 is 5.32 Å². The molecule has 0 unspecified atom stereocenters. The molecule has 9 heteroatoms. The van der Waals surface area contributed by atoms with E-state index in [9.17, 15) is 28.4 Å². The molecule has 22 heavy (non-hydrogen) atoms. The summed E-state index contributed by atoms with van der Waals surface area (Å²) < 4.78 is 40.4.